The SMILES string of the molecule is COC(=O)[C@@H]1O[C@H](Br)[C@H](OC(C)=O)[C@](C)(OC(C)=O)[C@H]1OC(C)=O. The standard InChI is InChI=1S/C14H19BrO9/c1-6(16)21-10-9(13(19)20-5)23-12(15)11(22-7(2)17)14(10,4)24-8(3)18/h9-12H,1-5H3/t9-,10+,11+,12+,14-/m1/s1. The molecule has 9 nitrogen and oxygen atoms in total. The lowest BCUT2D eigenvalue weighted by Crippen LogP contribution is -2.68. The minimum Gasteiger partial charge on any atom is -0.467 e. The third kappa shape index (κ3) is 4.44. The summed E-state index contributed by atoms with van der Waals surface area (Å²) in [6.07, 6.45) is -3.95. The summed E-state index contributed by atoms with van der Waals surface area (Å²) in [7, 11) is 1.13. The normalized spacial score (nSPS) is 32.4. The summed E-state index contributed by atoms with van der Waals surface area (Å²) in [5.41, 5.74) is -1.69. The first-order valence-corrected chi connectivity index (χ1v) is 7.85. The van der Waals surface area contributed by atoms with Crippen molar-refractivity contribution in [2.75, 3.05) is 7.11 Å². The van der Waals surface area contributed by atoms with Gasteiger partial charge in [-0.1, -0.05) is 15.9 Å². The molecule has 0 bridgehead atoms. The van der Waals surface area contributed by atoms with Gasteiger partial charge in [0.15, 0.2) is 28.9 Å². The Morgan fingerprint density at radius 3 is 1.88 bits per heavy atom. The van der Waals surface area contributed by atoms with Crippen LogP contribution >= 0.6 is 15.9 Å². The molecule has 0 aromatic heterocycles. The molecule has 1 heterocycles. The third-order valence-corrected chi connectivity index (χ3v) is 4.00. The number of ether oxygens (including phenoxy) is 5. The van der Waals surface area contributed by atoms with Gasteiger partial charge in [-0.2, -0.15) is 0 Å². The summed E-state index contributed by atoms with van der Waals surface area (Å²) < 4.78 is 25.7. The van der Waals surface area contributed by atoms with E-state index in [1.165, 1.54) is 6.92 Å². The summed E-state index contributed by atoms with van der Waals surface area (Å²) in [6.45, 7) is 4.78. The average Bonchev–Trinajstić information content (AvgIpc) is 2.44. The van der Waals surface area contributed by atoms with Gasteiger partial charge in [0.1, 0.15) is 0 Å². The van der Waals surface area contributed by atoms with Gasteiger partial charge in [-0.05, 0) is 6.92 Å². The molecular formula is C14H19BrO9. The quantitative estimate of drug-likeness (QED) is 0.370. The Bertz CT molecular complexity index is 534. The number of halogens is 1. The summed E-state index contributed by atoms with van der Waals surface area (Å²) in [5, 5.41) is -1.01. The van der Waals surface area contributed by atoms with E-state index >= 15 is 0 Å². The smallest absolute Gasteiger partial charge is 0.339 e. The lowest BCUT2D eigenvalue weighted by molar-refractivity contribution is -0.264. The zero-order valence-corrected chi connectivity index (χ0v) is 15.4. The largest absolute Gasteiger partial charge is 0.467 e. The molecule has 0 aliphatic carbocycles. The van der Waals surface area contributed by atoms with Crippen LogP contribution in [0.25, 0.3) is 0 Å². The molecule has 24 heavy (non-hydrogen) atoms. The van der Waals surface area contributed by atoms with E-state index < -0.39 is 52.8 Å². The van der Waals surface area contributed by atoms with Crippen molar-refractivity contribution in [1.82, 2.24) is 0 Å². The van der Waals surface area contributed by atoms with Crippen LogP contribution in [0.15, 0.2) is 0 Å². The van der Waals surface area contributed by atoms with Crippen LogP contribution in [0, 0.1) is 0 Å². The fourth-order valence-electron chi connectivity index (χ4n) is 2.43. The van der Waals surface area contributed by atoms with E-state index in [1.54, 1.807) is 0 Å². The number of hydrogen-bond acceptors (Lipinski definition) is 9. The second-order valence-electron chi connectivity index (χ2n) is 5.27. The van der Waals surface area contributed by atoms with E-state index in [0.717, 1.165) is 27.9 Å². The Labute approximate surface area is 147 Å². The highest BCUT2D eigenvalue weighted by atomic mass is 79.9. The van der Waals surface area contributed by atoms with Gasteiger partial charge < -0.3 is 23.7 Å². The van der Waals surface area contributed by atoms with Crippen LogP contribution in [0.1, 0.15) is 27.7 Å². The summed E-state index contributed by atoms with van der Waals surface area (Å²) >= 11 is 3.14. The molecule has 0 aromatic rings. The predicted molar refractivity (Wildman–Crippen MR) is 80.9 cm³/mol. The molecule has 0 aromatic carbocycles. The van der Waals surface area contributed by atoms with E-state index in [2.05, 4.69) is 20.7 Å². The number of rotatable bonds is 4. The molecule has 0 N–H and O–H groups in total. The van der Waals surface area contributed by atoms with Gasteiger partial charge in [-0.3, -0.25) is 14.4 Å². The van der Waals surface area contributed by atoms with Crippen molar-refractivity contribution in [1.29, 1.82) is 0 Å². The van der Waals surface area contributed by atoms with E-state index in [4.69, 9.17) is 18.9 Å². The van der Waals surface area contributed by atoms with Crippen LogP contribution in [0.4, 0.5) is 0 Å². The van der Waals surface area contributed by atoms with Crippen molar-refractivity contribution in [2.45, 2.75) is 56.6 Å². The Kier molecular flexibility index (Phi) is 6.73. The molecule has 5 atom stereocenters. The number of carbonyl (C=O) groups excluding carboxylic acids is 4. The number of hydrogen-bond donors (Lipinski definition) is 0. The topological polar surface area (TPSA) is 114 Å². The first-order chi connectivity index (χ1) is 11.0. The second kappa shape index (κ2) is 7.93. The molecule has 1 fully saturated rings. The molecular weight excluding hydrogens is 392 g/mol. The van der Waals surface area contributed by atoms with Crippen LogP contribution < -0.4 is 0 Å². The molecule has 10 heteroatoms. The zero-order valence-electron chi connectivity index (χ0n) is 13.9. The lowest BCUT2D eigenvalue weighted by atomic mass is 9.85. The zero-order chi connectivity index (χ0) is 18.7. The van der Waals surface area contributed by atoms with Gasteiger partial charge in [0, 0.05) is 20.8 Å². The van der Waals surface area contributed by atoms with Crippen LogP contribution in [0.3, 0.4) is 0 Å². The van der Waals surface area contributed by atoms with Gasteiger partial charge in [-0.25, -0.2) is 4.79 Å². The molecule has 0 amide bonds. The monoisotopic (exact) mass is 410 g/mol. The molecule has 0 spiro atoms. The summed E-state index contributed by atoms with van der Waals surface area (Å²) in [5.74, 6) is -2.99. The lowest BCUT2D eigenvalue weighted by Gasteiger charge is -2.48. The molecule has 1 rings (SSSR count). The van der Waals surface area contributed by atoms with Crippen molar-refractivity contribution >= 4 is 39.8 Å². The highest BCUT2D eigenvalue weighted by Gasteiger charge is 2.61. The Morgan fingerprint density at radius 1 is 0.958 bits per heavy atom. The van der Waals surface area contributed by atoms with Crippen molar-refractivity contribution < 1.29 is 42.9 Å². The Morgan fingerprint density at radius 2 is 1.46 bits per heavy atom. The second-order valence-corrected chi connectivity index (χ2v) is 6.17. The maximum atomic E-state index is 12.0. The number of alkyl halides is 1. The van der Waals surface area contributed by atoms with E-state index in [9.17, 15) is 19.2 Å². The molecule has 1 saturated heterocycles. The van der Waals surface area contributed by atoms with Crippen molar-refractivity contribution in [3.8, 4) is 0 Å². The minimum absolute atomic E-state index is 0.676. The highest BCUT2D eigenvalue weighted by Crippen LogP contribution is 2.39. The van der Waals surface area contributed by atoms with E-state index in [-0.39, 0.29) is 0 Å². The van der Waals surface area contributed by atoms with Crippen molar-refractivity contribution in [3.05, 3.63) is 0 Å². The molecule has 1 aliphatic rings. The molecule has 0 radical (unpaired) electrons. The maximum absolute atomic E-state index is 12.0. The first-order valence-electron chi connectivity index (χ1n) is 6.94. The summed E-state index contributed by atoms with van der Waals surface area (Å²) in [4.78, 5) is 46.4. The molecule has 0 saturated carbocycles. The van der Waals surface area contributed by atoms with Gasteiger partial charge in [0.05, 0.1) is 7.11 Å². The van der Waals surface area contributed by atoms with Crippen LogP contribution in [0.5, 0.6) is 0 Å². The predicted octanol–water partition coefficient (Wildman–Crippen LogP) is 0.464. The average molecular weight is 411 g/mol. The van der Waals surface area contributed by atoms with Gasteiger partial charge in [-0.15, -0.1) is 0 Å². The highest BCUT2D eigenvalue weighted by molar-refractivity contribution is 9.09. The first kappa shape index (κ1) is 20.4. The minimum atomic E-state index is -1.69. The molecule has 136 valence electrons. The van der Waals surface area contributed by atoms with Gasteiger partial charge in [0.25, 0.3) is 0 Å². The number of methoxy groups -OCH3 is 1. The Hall–Kier alpha value is -1.68. The molecule has 1 aliphatic heterocycles. The van der Waals surface area contributed by atoms with Crippen LogP contribution in [-0.4, -0.2) is 59.9 Å². The number of esters is 4. The van der Waals surface area contributed by atoms with Crippen molar-refractivity contribution in [2.24, 2.45) is 0 Å². The Balaban J connectivity index is 3.40. The summed E-state index contributed by atoms with van der Waals surface area (Å²) in [6, 6.07) is 0. The van der Waals surface area contributed by atoms with Crippen LogP contribution in [0.2, 0.25) is 0 Å². The third-order valence-electron chi connectivity index (χ3n) is 3.30. The molecule has 0 unspecified atom stereocenters. The van der Waals surface area contributed by atoms with Crippen LogP contribution in [-0.2, 0) is 42.9 Å². The van der Waals surface area contributed by atoms with E-state index in [0.29, 0.717) is 0 Å². The van der Waals surface area contributed by atoms with Crippen molar-refractivity contribution in [3.63, 3.8) is 0 Å². The fraction of sp³-hybridized carbons (Fsp3) is 0.714. The van der Waals surface area contributed by atoms with Gasteiger partial charge >= 0.3 is 23.9 Å². The van der Waals surface area contributed by atoms with Gasteiger partial charge in [0.2, 0.25) is 0 Å². The number of carbonyl (C=O) groups is 4. The fourth-order valence-corrected chi connectivity index (χ4v) is 3.30. The van der Waals surface area contributed by atoms with E-state index in [1.807, 2.05) is 0 Å². The maximum Gasteiger partial charge on any atom is 0.339 e.